The van der Waals surface area contributed by atoms with Crippen LogP contribution in [0.15, 0.2) is 53.7 Å². The first-order valence-electron chi connectivity index (χ1n) is 11.7. The number of aryl methyl sites for hydroxylation is 3. The second kappa shape index (κ2) is 10.5. The normalized spacial score (nSPS) is 11.9. The number of thioether (sulfide) groups is 1. The minimum Gasteiger partial charge on any atom is -0.436 e. The summed E-state index contributed by atoms with van der Waals surface area (Å²) in [5.74, 6) is 1.40. The van der Waals surface area contributed by atoms with Crippen molar-refractivity contribution in [3.63, 3.8) is 0 Å². The van der Waals surface area contributed by atoms with Gasteiger partial charge >= 0.3 is 0 Å². The van der Waals surface area contributed by atoms with Crippen molar-refractivity contribution < 1.29 is 14.6 Å². The maximum Gasteiger partial charge on any atom is 0.234 e. The molecule has 0 atom stereocenters. The number of ether oxygens (including phenoxy) is 1. The van der Waals surface area contributed by atoms with E-state index in [1.807, 2.05) is 51.1 Å². The Morgan fingerprint density at radius 2 is 1.86 bits per heavy atom. The van der Waals surface area contributed by atoms with E-state index in [9.17, 15) is 9.90 Å². The summed E-state index contributed by atoms with van der Waals surface area (Å²) in [4.78, 5) is 26.7. The lowest BCUT2D eigenvalue weighted by atomic mass is 9.99. The summed E-state index contributed by atoms with van der Waals surface area (Å²) < 4.78 is 6.24. The number of carbonyl (C=O) groups excluding carboxylic acids is 1. The number of hydrogen-bond acceptors (Lipinski definition) is 7. The quantitative estimate of drug-likeness (QED) is 0.203. The van der Waals surface area contributed by atoms with Gasteiger partial charge in [0.15, 0.2) is 11.6 Å². The summed E-state index contributed by atoms with van der Waals surface area (Å²) in [7, 11) is 0. The van der Waals surface area contributed by atoms with E-state index in [1.54, 1.807) is 12.3 Å². The second-order valence-electron chi connectivity index (χ2n) is 8.94. The van der Waals surface area contributed by atoms with Crippen LogP contribution < -0.4 is 10.1 Å². The van der Waals surface area contributed by atoms with Crippen molar-refractivity contribution in [3.05, 3.63) is 87.2 Å². The number of halogens is 1. The number of aromatic nitrogens is 3. The Kier molecular flexibility index (Phi) is 7.15. The average Bonchev–Trinajstić information content (AvgIpc) is 2.86. The lowest BCUT2D eigenvalue weighted by Crippen LogP contribution is -2.16. The minimum atomic E-state index is -0.159. The zero-order valence-corrected chi connectivity index (χ0v) is 22.2. The molecule has 0 bridgehead atoms. The second-order valence-corrected chi connectivity index (χ2v) is 10.3. The van der Waals surface area contributed by atoms with E-state index < -0.39 is 0 Å². The fraction of sp³-hybridized carbons (Fsp3) is 0.214. The van der Waals surface area contributed by atoms with Crippen LogP contribution in [0.1, 0.15) is 33.5 Å². The predicted molar refractivity (Wildman–Crippen MR) is 146 cm³/mol. The molecular formula is C28H25ClN4O3S. The summed E-state index contributed by atoms with van der Waals surface area (Å²) in [5, 5.41) is 14.0. The van der Waals surface area contributed by atoms with Crippen LogP contribution in [-0.4, -0.2) is 31.7 Å². The van der Waals surface area contributed by atoms with Crippen molar-refractivity contribution in [2.45, 2.75) is 38.8 Å². The number of pyridine rings is 1. The van der Waals surface area contributed by atoms with Crippen LogP contribution in [-0.2, 0) is 17.8 Å². The lowest BCUT2D eigenvalue weighted by molar-refractivity contribution is -0.113. The molecule has 0 spiro atoms. The number of aliphatic hydroxyl groups is 1. The van der Waals surface area contributed by atoms with Crippen molar-refractivity contribution in [2.75, 3.05) is 11.1 Å². The van der Waals surface area contributed by atoms with Crippen LogP contribution in [0.25, 0.3) is 11.4 Å². The van der Waals surface area contributed by atoms with Crippen LogP contribution in [0.5, 0.6) is 11.6 Å². The van der Waals surface area contributed by atoms with Crippen LogP contribution in [0.2, 0.25) is 5.02 Å². The molecule has 2 aromatic heterocycles. The maximum absolute atomic E-state index is 12.9. The largest absolute Gasteiger partial charge is 0.436 e. The van der Waals surface area contributed by atoms with Gasteiger partial charge in [0.25, 0.3) is 0 Å². The van der Waals surface area contributed by atoms with E-state index in [0.29, 0.717) is 50.7 Å². The van der Waals surface area contributed by atoms with Gasteiger partial charge in [0, 0.05) is 35.0 Å². The fourth-order valence-corrected chi connectivity index (χ4v) is 5.40. The molecule has 0 saturated carbocycles. The van der Waals surface area contributed by atoms with E-state index in [0.717, 1.165) is 27.9 Å². The van der Waals surface area contributed by atoms with Crippen molar-refractivity contribution >= 4 is 35.0 Å². The van der Waals surface area contributed by atoms with Gasteiger partial charge in [-0.2, -0.15) is 4.98 Å². The third kappa shape index (κ3) is 5.32. The molecule has 0 unspecified atom stereocenters. The monoisotopic (exact) mass is 532 g/mol. The molecule has 5 rings (SSSR count). The number of aliphatic hydroxyl groups excluding tert-OH is 1. The summed E-state index contributed by atoms with van der Waals surface area (Å²) in [6.07, 6.45) is 2.11. The van der Waals surface area contributed by atoms with Crippen molar-refractivity contribution in [3.8, 4) is 23.0 Å². The molecule has 0 saturated heterocycles. The van der Waals surface area contributed by atoms with Crippen LogP contribution in [0.3, 0.4) is 0 Å². The van der Waals surface area contributed by atoms with Crippen molar-refractivity contribution in [1.82, 2.24) is 15.0 Å². The first kappa shape index (κ1) is 25.2. The molecule has 4 aromatic rings. The maximum atomic E-state index is 12.9. The van der Waals surface area contributed by atoms with Crippen molar-refractivity contribution in [2.24, 2.45) is 0 Å². The Morgan fingerprint density at radius 3 is 2.59 bits per heavy atom. The molecule has 2 aromatic carbocycles. The fourth-order valence-electron chi connectivity index (χ4n) is 4.35. The Morgan fingerprint density at radius 1 is 1.11 bits per heavy atom. The zero-order chi connectivity index (χ0) is 26.1. The number of amides is 1. The summed E-state index contributed by atoms with van der Waals surface area (Å²) in [6, 6.07) is 13.3. The van der Waals surface area contributed by atoms with Gasteiger partial charge in [-0.1, -0.05) is 41.6 Å². The van der Waals surface area contributed by atoms with Crippen LogP contribution in [0.4, 0.5) is 5.69 Å². The van der Waals surface area contributed by atoms with E-state index in [-0.39, 0.29) is 18.3 Å². The van der Waals surface area contributed by atoms with E-state index >= 15 is 0 Å². The van der Waals surface area contributed by atoms with Gasteiger partial charge in [-0.05, 0) is 56.2 Å². The average molecular weight is 533 g/mol. The first-order chi connectivity index (χ1) is 17.8. The molecule has 7 nitrogen and oxygen atoms in total. The van der Waals surface area contributed by atoms with Gasteiger partial charge < -0.3 is 15.2 Å². The molecule has 0 radical (unpaired) electrons. The third-order valence-electron chi connectivity index (χ3n) is 6.02. The number of nitrogens with zero attached hydrogens (tertiary/aromatic N) is 3. The van der Waals surface area contributed by atoms with E-state index in [2.05, 4.69) is 16.4 Å². The summed E-state index contributed by atoms with van der Waals surface area (Å²) >= 11 is 7.77. The first-order valence-corrected chi connectivity index (χ1v) is 13.1. The third-order valence-corrected chi connectivity index (χ3v) is 7.37. The predicted octanol–water partition coefficient (Wildman–Crippen LogP) is 6.04. The smallest absolute Gasteiger partial charge is 0.234 e. The number of benzene rings is 2. The SMILES string of the molecule is Cc1cc(C)cc(NC(=O)CSc2nc(-c3ccccc3Cl)nc3c2Cc2c(CO)cnc(C)c2O3)c1. The van der Waals surface area contributed by atoms with Gasteiger partial charge in [-0.15, -0.1) is 0 Å². The van der Waals surface area contributed by atoms with Crippen LogP contribution >= 0.6 is 23.4 Å². The van der Waals surface area contributed by atoms with E-state index in [1.165, 1.54) is 11.8 Å². The molecule has 188 valence electrons. The highest BCUT2D eigenvalue weighted by Crippen LogP contribution is 2.43. The number of hydrogen-bond donors (Lipinski definition) is 2. The van der Waals surface area contributed by atoms with Gasteiger partial charge in [0.05, 0.1) is 28.6 Å². The van der Waals surface area contributed by atoms with Crippen molar-refractivity contribution in [1.29, 1.82) is 0 Å². The number of carbonyl (C=O) groups is 1. The molecular weight excluding hydrogens is 508 g/mol. The summed E-state index contributed by atoms with van der Waals surface area (Å²) in [5.41, 5.74) is 6.59. The Bertz CT molecular complexity index is 1510. The highest BCUT2D eigenvalue weighted by Gasteiger charge is 2.28. The highest BCUT2D eigenvalue weighted by molar-refractivity contribution is 8.00. The van der Waals surface area contributed by atoms with Gasteiger partial charge in [-0.3, -0.25) is 9.78 Å². The number of fused-ring (bicyclic) bond motifs is 2. The van der Waals surface area contributed by atoms with Gasteiger partial charge in [-0.25, -0.2) is 4.98 Å². The Hall–Kier alpha value is -3.46. The molecule has 0 fully saturated rings. The Balaban J connectivity index is 1.50. The minimum absolute atomic E-state index is 0.144. The number of rotatable bonds is 6. The molecule has 1 aliphatic heterocycles. The molecule has 1 aliphatic rings. The van der Waals surface area contributed by atoms with Gasteiger partial charge in [0.2, 0.25) is 11.8 Å². The molecule has 3 heterocycles. The van der Waals surface area contributed by atoms with Crippen LogP contribution in [0, 0.1) is 20.8 Å². The number of nitrogens with one attached hydrogen (secondary N) is 1. The standard InChI is InChI=1S/C28H25ClN4O3S/c1-15-8-16(2)10-19(9-15)31-24(35)14-37-28-22-11-21-18(13-34)12-30-17(3)25(21)36-27(22)32-26(33-28)20-6-4-5-7-23(20)29/h4-10,12,34H,11,13-14H2,1-3H3,(H,31,35). The molecule has 37 heavy (non-hydrogen) atoms. The summed E-state index contributed by atoms with van der Waals surface area (Å²) in [6.45, 7) is 5.69. The Labute approximate surface area is 224 Å². The van der Waals surface area contributed by atoms with E-state index in [4.69, 9.17) is 26.3 Å². The zero-order valence-electron chi connectivity index (χ0n) is 20.6. The lowest BCUT2D eigenvalue weighted by Gasteiger charge is -2.24. The van der Waals surface area contributed by atoms with Gasteiger partial charge in [0.1, 0.15) is 5.03 Å². The molecule has 0 aliphatic carbocycles. The molecule has 1 amide bonds. The highest BCUT2D eigenvalue weighted by atomic mass is 35.5. The molecule has 9 heteroatoms. The topological polar surface area (TPSA) is 97.2 Å². The number of anilines is 1. The molecule has 2 N–H and O–H groups in total.